The van der Waals surface area contributed by atoms with Crippen molar-refractivity contribution >= 4 is 63.7 Å². The number of amides is 1. The molecule has 0 aliphatic rings. The van der Waals surface area contributed by atoms with Gasteiger partial charge in [0.15, 0.2) is 5.11 Å². The van der Waals surface area contributed by atoms with Crippen LogP contribution in [0, 0.1) is 0 Å². The highest BCUT2D eigenvalue weighted by Gasteiger charge is 2.35. The van der Waals surface area contributed by atoms with Crippen LogP contribution >= 0.6 is 35.6 Å². The number of hydrogen-bond acceptors (Lipinski definition) is 3. The summed E-state index contributed by atoms with van der Waals surface area (Å²) < 4.78 is 40.8. The number of para-hydroxylation sites is 1. The zero-order chi connectivity index (χ0) is 27.1. The molecule has 0 radical (unpaired) electrons. The fourth-order valence-electron chi connectivity index (χ4n) is 3.56. The molecule has 0 spiro atoms. The van der Waals surface area contributed by atoms with Crippen molar-refractivity contribution in [3.05, 3.63) is 119 Å². The van der Waals surface area contributed by atoms with Gasteiger partial charge in [-0.3, -0.25) is 4.79 Å². The summed E-state index contributed by atoms with van der Waals surface area (Å²) >= 11 is 12.4. The maximum Gasteiger partial charge on any atom is 0.418 e. The van der Waals surface area contributed by atoms with Gasteiger partial charge in [-0.15, -0.1) is 11.8 Å². The number of alkyl halides is 3. The molecule has 0 heterocycles. The number of carbonyl (C=O) groups is 1. The number of thioether (sulfide) groups is 1. The van der Waals surface area contributed by atoms with E-state index in [1.54, 1.807) is 36.4 Å². The molecule has 0 bridgehead atoms. The third-order valence-corrected chi connectivity index (χ3v) is 6.95. The lowest BCUT2D eigenvalue weighted by Gasteiger charge is -2.20. The molecule has 1 unspecified atom stereocenters. The van der Waals surface area contributed by atoms with Gasteiger partial charge < -0.3 is 16.0 Å². The average molecular weight is 572 g/mol. The number of halogens is 4. The van der Waals surface area contributed by atoms with E-state index in [1.807, 2.05) is 48.5 Å². The zero-order valence-electron chi connectivity index (χ0n) is 19.6. The Hall–Kier alpha value is -3.53. The van der Waals surface area contributed by atoms with E-state index in [0.717, 1.165) is 17.8 Å². The van der Waals surface area contributed by atoms with E-state index in [4.69, 9.17) is 23.8 Å². The zero-order valence-corrected chi connectivity index (χ0v) is 22.0. The molecule has 0 aromatic heterocycles. The first kappa shape index (κ1) is 27.5. The van der Waals surface area contributed by atoms with Crippen molar-refractivity contribution in [1.29, 1.82) is 0 Å². The van der Waals surface area contributed by atoms with E-state index in [1.165, 1.54) is 17.8 Å². The van der Waals surface area contributed by atoms with Gasteiger partial charge in [-0.1, -0.05) is 66.2 Å². The molecule has 3 N–H and O–H groups in total. The number of carbonyl (C=O) groups excluding carboxylic acids is 1. The van der Waals surface area contributed by atoms with Crippen LogP contribution in [-0.2, 0) is 11.0 Å². The Morgan fingerprint density at radius 1 is 0.789 bits per heavy atom. The van der Waals surface area contributed by atoms with Gasteiger partial charge in [-0.05, 0) is 66.3 Å². The van der Waals surface area contributed by atoms with E-state index in [0.29, 0.717) is 21.3 Å². The summed E-state index contributed by atoms with van der Waals surface area (Å²) in [6.45, 7) is 0. The average Bonchev–Trinajstić information content (AvgIpc) is 2.89. The number of hydrogen-bond donors (Lipinski definition) is 3. The summed E-state index contributed by atoms with van der Waals surface area (Å²) in [5.74, 6) is -0.603. The molecule has 4 aromatic rings. The maximum absolute atomic E-state index is 13.6. The molecule has 38 heavy (non-hydrogen) atoms. The number of thiocarbonyl (C=S) groups is 1. The largest absolute Gasteiger partial charge is 0.418 e. The van der Waals surface area contributed by atoms with Crippen molar-refractivity contribution in [2.24, 2.45) is 0 Å². The molecule has 0 aliphatic heterocycles. The first-order valence-electron chi connectivity index (χ1n) is 11.3. The van der Waals surface area contributed by atoms with Gasteiger partial charge in [-0.2, -0.15) is 13.2 Å². The molecule has 4 nitrogen and oxygen atoms in total. The van der Waals surface area contributed by atoms with Gasteiger partial charge in [0.05, 0.1) is 11.3 Å². The second-order valence-corrected chi connectivity index (χ2v) is 10.1. The van der Waals surface area contributed by atoms with Gasteiger partial charge >= 0.3 is 6.18 Å². The highest BCUT2D eigenvalue weighted by molar-refractivity contribution is 8.00. The first-order valence-corrected chi connectivity index (χ1v) is 13.0. The highest BCUT2D eigenvalue weighted by Crippen LogP contribution is 2.40. The summed E-state index contributed by atoms with van der Waals surface area (Å²) in [6.07, 6.45) is -4.69. The first-order chi connectivity index (χ1) is 18.2. The summed E-state index contributed by atoms with van der Waals surface area (Å²) in [5, 5.41) is 8.13. The predicted molar refractivity (Wildman–Crippen MR) is 153 cm³/mol. The molecule has 0 aliphatic carbocycles. The van der Waals surface area contributed by atoms with Crippen LogP contribution in [0.1, 0.15) is 16.4 Å². The SMILES string of the molecule is O=C(Nc1ccc(Cl)cc1C(F)(F)F)C(Sc1cccc(NC(=S)Nc2ccccc2)c1)c1ccccc1. The van der Waals surface area contributed by atoms with Crippen molar-refractivity contribution in [3.8, 4) is 0 Å². The standard InChI is InChI=1S/C28H21ClF3N3OS2/c29-19-14-15-24(23(16-19)28(30,31)32)35-26(36)25(18-8-3-1-4-9-18)38-22-13-7-12-21(17-22)34-27(37)33-20-10-5-2-6-11-20/h1-17,25H,(H,35,36)(H2,33,34,37). The van der Waals surface area contributed by atoms with E-state index in [-0.39, 0.29) is 10.7 Å². The quantitative estimate of drug-likeness (QED) is 0.153. The summed E-state index contributed by atoms with van der Waals surface area (Å²) in [7, 11) is 0. The van der Waals surface area contributed by atoms with Gasteiger partial charge in [0.2, 0.25) is 5.91 Å². The smallest absolute Gasteiger partial charge is 0.332 e. The van der Waals surface area contributed by atoms with E-state index < -0.39 is 22.9 Å². The van der Waals surface area contributed by atoms with Crippen LogP contribution in [0.15, 0.2) is 108 Å². The van der Waals surface area contributed by atoms with Crippen LogP contribution < -0.4 is 16.0 Å². The molecule has 194 valence electrons. The monoisotopic (exact) mass is 571 g/mol. The highest BCUT2D eigenvalue weighted by atomic mass is 35.5. The van der Waals surface area contributed by atoms with Gasteiger partial charge in [0.1, 0.15) is 5.25 Å². The van der Waals surface area contributed by atoms with E-state index in [2.05, 4.69) is 16.0 Å². The van der Waals surface area contributed by atoms with Crippen LogP contribution in [0.4, 0.5) is 30.2 Å². The maximum atomic E-state index is 13.6. The summed E-state index contributed by atoms with van der Waals surface area (Å²) in [5.41, 5.74) is 0.781. The Labute approximate surface area is 232 Å². The topological polar surface area (TPSA) is 53.2 Å². The fraction of sp³-hybridized carbons (Fsp3) is 0.0714. The minimum absolute atomic E-state index is 0.0757. The van der Waals surface area contributed by atoms with Gasteiger partial charge in [-0.25, -0.2) is 0 Å². The predicted octanol–water partition coefficient (Wildman–Crippen LogP) is 8.64. The van der Waals surface area contributed by atoms with Crippen LogP contribution in [0.2, 0.25) is 5.02 Å². The molecule has 0 saturated heterocycles. The van der Waals surface area contributed by atoms with Crippen molar-refractivity contribution in [1.82, 2.24) is 0 Å². The lowest BCUT2D eigenvalue weighted by atomic mass is 10.1. The Bertz CT molecular complexity index is 1420. The third-order valence-electron chi connectivity index (χ3n) is 5.26. The molecule has 1 atom stereocenters. The molecule has 0 saturated carbocycles. The Morgan fingerprint density at radius 3 is 2.11 bits per heavy atom. The van der Waals surface area contributed by atoms with Crippen LogP contribution in [0.5, 0.6) is 0 Å². The van der Waals surface area contributed by atoms with E-state index in [9.17, 15) is 18.0 Å². The lowest BCUT2D eigenvalue weighted by Crippen LogP contribution is -2.21. The second-order valence-electron chi connectivity index (χ2n) is 8.06. The van der Waals surface area contributed by atoms with Crippen LogP contribution in [-0.4, -0.2) is 11.0 Å². The number of rotatable bonds is 7. The molecular formula is C28H21ClF3N3OS2. The Morgan fingerprint density at radius 2 is 1.42 bits per heavy atom. The van der Waals surface area contributed by atoms with Gasteiger partial charge in [0.25, 0.3) is 0 Å². The lowest BCUT2D eigenvalue weighted by molar-refractivity contribution is -0.137. The molecule has 4 aromatic carbocycles. The summed E-state index contributed by atoms with van der Waals surface area (Å²) in [4.78, 5) is 14.1. The third kappa shape index (κ3) is 7.50. The molecule has 0 fully saturated rings. The van der Waals surface area contributed by atoms with Crippen molar-refractivity contribution < 1.29 is 18.0 Å². The summed E-state index contributed by atoms with van der Waals surface area (Å²) in [6, 6.07) is 28.8. The van der Waals surface area contributed by atoms with Crippen molar-refractivity contribution in [2.75, 3.05) is 16.0 Å². The second kappa shape index (κ2) is 12.3. The Kier molecular flexibility index (Phi) is 8.93. The Balaban J connectivity index is 1.55. The van der Waals surface area contributed by atoms with Crippen molar-refractivity contribution in [2.45, 2.75) is 16.3 Å². The van der Waals surface area contributed by atoms with Crippen LogP contribution in [0.3, 0.4) is 0 Å². The molecule has 4 rings (SSSR count). The minimum Gasteiger partial charge on any atom is -0.332 e. The van der Waals surface area contributed by atoms with Crippen LogP contribution in [0.25, 0.3) is 0 Å². The van der Waals surface area contributed by atoms with E-state index >= 15 is 0 Å². The molecule has 10 heteroatoms. The number of anilines is 3. The van der Waals surface area contributed by atoms with Gasteiger partial charge in [0, 0.05) is 21.3 Å². The minimum atomic E-state index is -4.69. The number of nitrogens with one attached hydrogen (secondary N) is 3. The fourth-order valence-corrected chi connectivity index (χ4v) is 5.05. The molecular weight excluding hydrogens is 551 g/mol. The van der Waals surface area contributed by atoms with Crippen molar-refractivity contribution in [3.63, 3.8) is 0 Å². The normalized spacial score (nSPS) is 11.9. The number of benzene rings is 4. The molecule has 1 amide bonds.